The summed E-state index contributed by atoms with van der Waals surface area (Å²) >= 11 is 3.44. The minimum absolute atomic E-state index is 0. The van der Waals surface area contributed by atoms with E-state index in [4.69, 9.17) is 4.98 Å². The van der Waals surface area contributed by atoms with Crippen LogP contribution in [0.5, 0.6) is 0 Å². The van der Waals surface area contributed by atoms with Crippen LogP contribution in [-0.4, -0.2) is 19.7 Å². The Kier molecular flexibility index (Phi) is 4.24. The third-order valence-corrected chi connectivity index (χ3v) is 4.62. The summed E-state index contributed by atoms with van der Waals surface area (Å²) in [6.07, 6.45) is 0. The second kappa shape index (κ2) is 6.07. The molecule has 0 bridgehead atoms. The Hall–Kier alpha value is -2.11. The molecule has 0 unspecified atom stereocenters. The quantitative estimate of drug-likeness (QED) is 0.447. The van der Waals surface area contributed by atoms with Gasteiger partial charge in [0.25, 0.3) is 0 Å². The molecule has 0 aliphatic carbocycles. The zero-order valence-electron chi connectivity index (χ0n) is 13.2. The van der Waals surface area contributed by atoms with Gasteiger partial charge in [-0.25, -0.2) is 4.98 Å². The second-order valence-electron chi connectivity index (χ2n) is 5.56. The van der Waals surface area contributed by atoms with E-state index in [1.165, 1.54) is 0 Å². The predicted octanol–water partition coefficient (Wildman–Crippen LogP) is 4.88. The summed E-state index contributed by atoms with van der Waals surface area (Å²) in [5.74, 6) is 0.779. The molecule has 4 nitrogen and oxygen atoms in total. The third-order valence-electron chi connectivity index (χ3n) is 4.09. The van der Waals surface area contributed by atoms with E-state index in [9.17, 15) is 4.79 Å². The number of imidazole rings is 2. The summed E-state index contributed by atoms with van der Waals surface area (Å²) in [7, 11) is 1.97. The molecule has 0 saturated carbocycles. The number of hydrogen-bond donors (Lipinski definition) is 0. The molecule has 0 aliphatic rings. The summed E-state index contributed by atoms with van der Waals surface area (Å²) in [6.45, 7) is 1.59. The molecule has 122 valence electrons. The van der Waals surface area contributed by atoms with E-state index in [-0.39, 0.29) is 18.2 Å². The number of para-hydroxylation sites is 2. The highest BCUT2D eigenvalue weighted by Gasteiger charge is 2.22. The second-order valence-corrected chi connectivity index (χ2v) is 6.47. The van der Waals surface area contributed by atoms with Crippen LogP contribution in [0.2, 0.25) is 0 Å². The topological polar surface area (TPSA) is 39.3 Å². The van der Waals surface area contributed by atoms with Crippen LogP contribution in [0.15, 0.2) is 53.0 Å². The Morgan fingerprint density at radius 1 is 1.04 bits per heavy atom. The number of nitrogens with zero attached hydrogens (tertiary/aromatic N) is 3. The molecule has 4 rings (SSSR count). The van der Waals surface area contributed by atoms with Gasteiger partial charge < -0.3 is 4.57 Å². The van der Waals surface area contributed by atoms with Crippen molar-refractivity contribution >= 4 is 50.9 Å². The Morgan fingerprint density at radius 2 is 1.67 bits per heavy atom. The monoisotopic (exact) mass is 403 g/mol. The molecule has 2 heterocycles. The molecule has 0 radical (unpaired) electrons. The lowest BCUT2D eigenvalue weighted by Gasteiger charge is -2.02. The smallest absolute Gasteiger partial charge is 0.215 e. The van der Waals surface area contributed by atoms with E-state index in [2.05, 4.69) is 15.9 Å². The molecule has 0 spiro atoms. The number of hydrogen-bond acceptors (Lipinski definition) is 2. The molecule has 24 heavy (non-hydrogen) atoms. The fourth-order valence-electron chi connectivity index (χ4n) is 3.04. The predicted molar refractivity (Wildman–Crippen MR) is 102 cm³/mol. The highest BCUT2D eigenvalue weighted by Crippen LogP contribution is 2.30. The molecule has 0 atom stereocenters. The number of halogens is 2. The van der Waals surface area contributed by atoms with Crippen LogP contribution in [0.3, 0.4) is 0 Å². The first-order valence-electron chi connectivity index (χ1n) is 7.30. The van der Waals surface area contributed by atoms with Gasteiger partial charge in [0.05, 0.1) is 11.0 Å². The van der Waals surface area contributed by atoms with Crippen molar-refractivity contribution in [3.63, 3.8) is 0 Å². The number of ketones is 1. The lowest BCUT2D eigenvalue weighted by atomic mass is 10.1. The van der Waals surface area contributed by atoms with Crippen LogP contribution in [-0.2, 0) is 7.05 Å². The highest BCUT2D eigenvalue weighted by molar-refractivity contribution is 9.10. The number of carbonyl (C=O) groups excluding carboxylic acids is 1. The molecule has 2 aromatic heterocycles. The maximum atomic E-state index is 12.4. The minimum atomic E-state index is 0. The van der Waals surface area contributed by atoms with Crippen molar-refractivity contribution in [2.24, 2.45) is 7.05 Å². The lowest BCUT2D eigenvalue weighted by molar-refractivity contribution is 0.101. The maximum Gasteiger partial charge on any atom is 0.215 e. The van der Waals surface area contributed by atoms with Crippen LogP contribution in [0.4, 0.5) is 0 Å². The van der Waals surface area contributed by atoms with Crippen molar-refractivity contribution in [3.8, 4) is 11.3 Å². The lowest BCUT2D eigenvalue weighted by Crippen LogP contribution is -2.00. The van der Waals surface area contributed by atoms with Crippen molar-refractivity contribution in [2.75, 3.05) is 0 Å². The van der Waals surface area contributed by atoms with E-state index in [1.54, 1.807) is 6.92 Å². The number of fused-ring (bicyclic) bond motifs is 3. The molecule has 0 saturated heterocycles. The summed E-state index contributed by atoms with van der Waals surface area (Å²) < 4.78 is 4.97. The Balaban J connectivity index is 0.00000169. The molecule has 0 amide bonds. The normalized spacial score (nSPS) is 11.0. The highest BCUT2D eigenvalue weighted by atomic mass is 79.9. The summed E-state index contributed by atoms with van der Waals surface area (Å²) in [5, 5.41) is 0. The number of aromatic nitrogens is 3. The van der Waals surface area contributed by atoms with Crippen molar-refractivity contribution in [2.45, 2.75) is 6.92 Å². The van der Waals surface area contributed by atoms with E-state index >= 15 is 0 Å². The van der Waals surface area contributed by atoms with Crippen LogP contribution < -0.4 is 0 Å². The molecule has 0 N–H and O–H groups in total. The summed E-state index contributed by atoms with van der Waals surface area (Å²) in [5.41, 5.74) is 4.33. The number of benzene rings is 2. The number of aryl methyl sites for hydroxylation is 1. The zero-order chi connectivity index (χ0) is 16.1. The van der Waals surface area contributed by atoms with Crippen LogP contribution in [0.25, 0.3) is 28.1 Å². The van der Waals surface area contributed by atoms with Gasteiger partial charge in [-0.1, -0.05) is 40.2 Å². The van der Waals surface area contributed by atoms with Gasteiger partial charge in [-0.3, -0.25) is 9.20 Å². The standard InChI is InChI=1S/C18H14BrN3O.ClH/c1-11(23)17-16(12-7-9-13(19)10-8-12)20-18-21(2)14-5-3-4-6-15(14)22(17)18;/h3-10H,1-2H3;1H. The molecular formula is C18H15BrClN3O. The van der Waals surface area contributed by atoms with Gasteiger partial charge in [-0.15, -0.1) is 12.4 Å². The van der Waals surface area contributed by atoms with E-state index in [0.717, 1.165) is 32.5 Å². The first-order valence-corrected chi connectivity index (χ1v) is 8.10. The molecule has 0 aliphatic heterocycles. The zero-order valence-corrected chi connectivity index (χ0v) is 15.6. The van der Waals surface area contributed by atoms with Gasteiger partial charge in [0.1, 0.15) is 11.4 Å². The van der Waals surface area contributed by atoms with Crippen molar-refractivity contribution < 1.29 is 4.79 Å². The SMILES string of the molecule is CC(=O)c1c(-c2ccc(Br)cc2)nc2n(C)c3ccccc3n12.Cl. The van der Waals surface area contributed by atoms with Gasteiger partial charge in [0.15, 0.2) is 5.78 Å². The van der Waals surface area contributed by atoms with Crippen molar-refractivity contribution in [1.82, 2.24) is 14.0 Å². The summed E-state index contributed by atoms with van der Waals surface area (Å²) in [4.78, 5) is 17.1. The number of Topliss-reactive ketones (excluding diaryl/α,β-unsaturated/α-hetero) is 1. The first kappa shape index (κ1) is 16.7. The Bertz CT molecular complexity index is 1060. The summed E-state index contributed by atoms with van der Waals surface area (Å²) in [6, 6.07) is 15.9. The Morgan fingerprint density at radius 3 is 2.29 bits per heavy atom. The Labute approximate surface area is 153 Å². The van der Waals surface area contributed by atoms with Crippen molar-refractivity contribution in [1.29, 1.82) is 0 Å². The van der Waals surface area contributed by atoms with E-state index < -0.39 is 0 Å². The minimum Gasteiger partial charge on any atom is -0.313 e. The number of rotatable bonds is 2. The van der Waals surface area contributed by atoms with Crippen LogP contribution in [0, 0.1) is 0 Å². The molecule has 2 aromatic carbocycles. The van der Waals surface area contributed by atoms with Gasteiger partial charge in [0, 0.05) is 24.0 Å². The van der Waals surface area contributed by atoms with Gasteiger partial charge in [-0.2, -0.15) is 0 Å². The third kappa shape index (κ3) is 2.36. The fourth-order valence-corrected chi connectivity index (χ4v) is 3.30. The molecule has 0 fully saturated rings. The molecule has 6 heteroatoms. The molecule has 4 aromatic rings. The largest absolute Gasteiger partial charge is 0.313 e. The van der Waals surface area contributed by atoms with Gasteiger partial charge >= 0.3 is 0 Å². The average molecular weight is 405 g/mol. The van der Waals surface area contributed by atoms with Gasteiger partial charge in [-0.05, 0) is 24.3 Å². The molecular weight excluding hydrogens is 390 g/mol. The van der Waals surface area contributed by atoms with Crippen LogP contribution in [0.1, 0.15) is 17.4 Å². The van der Waals surface area contributed by atoms with Crippen molar-refractivity contribution in [3.05, 3.63) is 58.7 Å². The fraction of sp³-hybridized carbons (Fsp3) is 0.111. The first-order chi connectivity index (χ1) is 11.1. The van der Waals surface area contributed by atoms with Gasteiger partial charge in [0.2, 0.25) is 5.78 Å². The average Bonchev–Trinajstić information content (AvgIpc) is 3.06. The van der Waals surface area contributed by atoms with E-state index in [1.807, 2.05) is 64.5 Å². The van der Waals surface area contributed by atoms with Crippen LogP contribution >= 0.6 is 28.3 Å². The maximum absolute atomic E-state index is 12.4. The number of carbonyl (C=O) groups is 1. The van der Waals surface area contributed by atoms with E-state index in [0.29, 0.717) is 5.69 Å².